The zero-order valence-electron chi connectivity index (χ0n) is 18.0. The molecule has 0 radical (unpaired) electrons. The van der Waals surface area contributed by atoms with Crippen LogP contribution in [0.15, 0.2) is 0 Å². The molecule has 4 atom stereocenters. The van der Waals surface area contributed by atoms with E-state index < -0.39 is 0 Å². The van der Waals surface area contributed by atoms with Crippen LogP contribution in [0.25, 0.3) is 0 Å². The number of nitrogens with zero attached hydrogens (tertiary/aromatic N) is 4. The third-order valence-electron chi connectivity index (χ3n) is 7.90. The molecule has 168 valence electrons. The van der Waals surface area contributed by atoms with Gasteiger partial charge in [0.25, 0.3) is 0 Å². The molecule has 2 unspecified atom stereocenters. The summed E-state index contributed by atoms with van der Waals surface area (Å²) in [5, 5.41) is 0. The molecule has 2 amide bonds. The van der Waals surface area contributed by atoms with Gasteiger partial charge in [-0.25, -0.2) is 0 Å². The highest BCUT2D eigenvalue weighted by Crippen LogP contribution is 2.34. The topological polar surface area (TPSA) is 65.6 Å². The molecule has 5 aliphatic rings. The fraction of sp³-hybridized carbons (Fsp3) is 0.909. The first-order valence-corrected chi connectivity index (χ1v) is 11.9. The Kier molecular flexibility index (Phi) is 6.27. The van der Waals surface area contributed by atoms with Crippen molar-refractivity contribution in [3.05, 3.63) is 0 Å². The summed E-state index contributed by atoms with van der Waals surface area (Å²) in [7, 11) is 0. The number of morpholine rings is 2. The fourth-order valence-corrected chi connectivity index (χ4v) is 6.08. The Balaban J connectivity index is 1.24. The Hall–Kier alpha value is -1.22. The Morgan fingerprint density at radius 3 is 1.57 bits per heavy atom. The van der Waals surface area contributed by atoms with Crippen molar-refractivity contribution in [2.24, 2.45) is 11.8 Å². The van der Waals surface area contributed by atoms with Gasteiger partial charge in [-0.2, -0.15) is 0 Å². The van der Waals surface area contributed by atoms with Crippen molar-refractivity contribution in [2.45, 2.75) is 37.8 Å². The molecule has 0 aromatic heterocycles. The van der Waals surface area contributed by atoms with E-state index in [4.69, 9.17) is 9.47 Å². The molecule has 0 aromatic rings. The molecule has 0 spiro atoms. The lowest BCUT2D eigenvalue weighted by Crippen LogP contribution is -2.62. The minimum Gasteiger partial charge on any atom is -0.378 e. The van der Waals surface area contributed by atoms with Gasteiger partial charge >= 0.3 is 0 Å². The van der Waals surface area contributed by atoms with E-state index in [9.17, 15) is 9.59 Å². The molecule has 0 bridgehead atoms. The number of piperazine rings is 2. The molecule has 0 N–H and O–H groups in total. The minimum absolute atomic E-state index is 0.150. The van der Waals surface area contributed by atoms with Crippen molar-refractivity contribution in [3.8, 4) is 0 Å². The molecule has 5 fully saturated rings. The van der Waals surface area contributed by atoms with Gasteiger partial charge in [0.15, 0.2) is 0 Å². The SMILES string of the molecule is O=C([C@@H]1CCCC[C@H]1C(=O)N1CCN2CCOCC2C1)N1CCN2CCOCC2C1. The quantitative estimate of drug-likeness (QED) is 0.621. The summed E-state index contributed by atoms with van der Waals surface area (Å²) in [6.45, 7) is 9.85. The molecule has 8 heteroatoms. The van der Waals surface area contributed by atoms with Gasteiger partial charge in [0, 0.05) is 64.2 Å². The van der Waals surface area contributed by atoms with E-state index in [0.717, 1.165) is 91.3 Å². The Morgan fingerprint density at radius 2 is 1.10 bits per heavy atom. The summed E-state index contributed by atoms with van der Waals surface area (Å²) in [6, 6.07) is 0.627. The van der Waals surface area contributed by atoms with Gasteiger partial charge in [0.1, 0.15) is 0 Å². The second-order valence-electron chi connectivity index (χ2n) is 9.60. The van der Waals surface area contributed by atoms with Crippen LogP contribution in [0, 0.1) is 11.8 Å². The molecule has 1 aliphatic carbocycles. The molecule has 4 saturated heterocycles. The molecule has 1 saturated carbocycles. The van der Waals surface area contributed by atoms with E-state index in [0.29, 0.717) is 25.3 Å². The predicted octanol–water partition coefficient (Wildman–Crippen LogP) is -0.121. The summed E-state index contributed by atoms with van der Waals surface area (Å²) in [6.07, 6.45) is 3.81. The highest BCUT2D eigenvalue weighted by atomic mass is 16.5. The first-order valence-electron chi connectivity index (χ1n) is 11.9. The monoisotopic (exact) mass is 420 g/mol. The van der Waals surface area contributed by atoms with Gasteiger partial charge < -0.3 is 19.3 Å². The Labute approximate surface area is 179 Å². The maximum absolute atomic E-state index is 13.5. The van der Waals surface area contributed by atoms with Crippen molar-refractivity contribution >= 4 is 11.8 Å². The van der Waals surface area contributed by atoms with E-state index >= 15 is 0 Å². The summed E-state index contributed by atoms with van der Waals surface area (Å²) in [4.78, 5) is 36.0. The van der Waals surface area contributed by atoms with Crippen LogP contribution < -0.4 is 0 Å². The predicted molar refractivity (Wildman–Crippen MR) is 111 cm³/mol. The number of ether oxygens (including phenoxy) is 2. The van der Waals surface area contributed by atoms with Crippen molar-refractivity contribution in [2.75, 3.05) is 78.8 Å². The molecule has 4 heterocycles. The van der Waals surface area contributed by atoms with E-state index in [1.807, 2.05) is 9.80 Å². The first-order chi connectivity index (χ1) is 14.7. The summed E-state index contributed by atoms with van der Waals surface area (Å²) >= 11 is 0. The summed E-state index contributed by atoms with van der Waals surface area (Å²) in [5.41, 5.74) is 0. The van der Waals surface area contributed by atoms with Gasteiger partial charge in [0.2, 0.25) is 11.8 Å². The zero-order chi connectivity index (χ0) is 20.5. The number of fused-ring (bicyclic) bond motifs is 2. The molecule has 4 aliphatic heterocycles. The minimum atomic E-state index is -0.150. The molecule has 8 nitrogen and oxygen atoms in total. The van der Waals surface area contributed by atoms with Crippen molar-refractivity contribution in [1.82, 2.24) is 19.6 Å². The third-order valence-corrected chi connectivity index (χ3v) is 7.90. The number of hydrogen-bond acceptors (Lipinski definition) is 6. The van der Waals surface area contributed by atoms with E-state index in [-0.39, 0.29) is 23.7 Å². The average molecular weight is 421 g/mol. The number of carbonyl (C=O) groups excluding carboxylic acids is 2. The zero-order valence-corrected chi connectivity index (χ0v) is 18.0. The fourth-order valence-electron chi connectivity index (χ4n) is 6.08. The highest BCUT2D eigenvalue weighted by molar-refractivity contribution is 5.88. The summed E-state index contributed by atoms with van der Waals surface area (Å²) < 4.78 is 11.3. The smallest absolute Gasteiger partial charge is 0.226 e. The Morgan fingerprint density at radius 1 is 0.633 bits per heavy atom. The van der Waals surface area contributed by atoms with E-state index in [1.54, 1.807) is 0 Å². The second kappa shape index (κ2) is 9.10. The maximum atomic E-state index is 13.5. The lowest BCUT2D eigenvalue weighted by Gasteiger charge is -2.47. The van der Waals surface area contributed by atoms with Crippen LogP contribution in [0.2, 0.25) is 0 Å². The van der Waals surface area contributed by atoms with Crippen LogP contribution in [0.1, 0.15) is 25.7 Å². The van der Waals surface area contributed by atoms with E-state index in [2.05, 4.69) is 9.80 Å². The first kappa shape index (κ1) is 20.7. The lowest BCUT2D eigenvalue weighted by atomic mass is 9.77. The largest absolute Gasteiger partial charge is 0.378 e. The van der Waals surface area contributed by atoms with Gasteiger partial charge in [-0.05, 0) is 12.8 Å². The number of carbonyl (C=O) groups is 2. The van der Waals surface area contributed by atoms with Gasteiger partial charge in [-0.1, -0.05) is 12.8 Å². The van der Waals surface area contributed by atoms with Gasteiger partial charge in [0.05, 0.1) is 38.5 Å². The molecule has 30 heavy (non-hydrogen) atoms. The van der Waals surface area contributed by atoms with Crippen LogP contribution >= 0.6 is 0 Å². The molecule has 5 rings (SSSR count). The van der Waals surface area contributed by atoms with Crippen LogP contribution in [0.4, 0.5) is 0 Å². The van der Waals surface area contributed by atoms with Crippen molar-refractivity contribution < 1.29 is 19.1 Å². The van der Waals surface area contributed by atoms with E-state index in [1.165, 1.54) is 0 Å². The number of amides is 2. The molecular weight excluding hydrogens is 384 g/mol. The molecule has 0 aromatic carbocycles. The second-order valence-corrected chi connectivity index (χ2v) is 9.60. The maximum Gasteiger partial charge on any atom is 0.226 e. The van der Waals surface area contributed by atoms with Crippen molar-refractivity contribution in [1.29, 1.82) is 0 Å². The summed E-state index contributed by atoms with van der Waals surface area (Å²) in [5.74, 6) is 0.113. The van der Waals surface area contributed by atoms with Crippen LogP contribution in [0.3, 0.4) is 0 Å². The third kappa shape index (κ3) is 4.11. The normalized spacial score (nSPS) is 36.1. The Bertz CT molecular complexity index is 593. The van der Waals surface area contributed by atoms with Crippen LogP contribution in [-0.2, 0) is 19.1 Å². The number of hydrogen-bond donors (Lipinski definition) is 0. The highest BCUT2D eigenvalue weighted by Gasteiger charge is 2.43. The van der Waals surface area contributed by atoms with Crippen LogP contribution in [-0.4, -0.2) is 122 Å². The van der Waals surface area contributed by atoms with Gasteiger partial charge in [-0.3, -0.25) is 19.4 Å². The molecular formula is C22H36N4O4. The van der Waals surface area contributed by atoms with Gasteiger partial charge in [-0.15, -0.1) is 0 Å². The standard InChI is InChI=1S/C22H36N4O4/c27-21(25-7-5-23-9-11-29-15-17(23)13-25)19-3-1-2-4-20(19)22(28)26-8-6-24-10-12-30-16-18(24)14-26/h17-20H,1-16H2/t17?,18?,19-,20-/m1/s1. The number of rotatable bonds is 2. The van der Waals surface area contributed by atoms with Crippen molar-refractivity contribution in [3.63, 3.8) is 0 Å². The average Bonchev–Trinajstić information content (AvgIpc) is 2.82. The lowest BCUT2D eigenvalue weighted by molar-refractivity contribution is -0.154. The van der Waals surface area contributed by atoms with Crippen LogP contribution in [0.5, 0.6) is 0 Å².